The highest BCUT2D eigenvalue weighted by molar-refractivity contribution is 6.35. The summed E-state index contributed by atoms with van der Waals surface area (Å²) >= 11 is 11.9. The van der Waals surface area contributed by atoms with Gasteiger partial charge in [0.1, 0.15) is 0 Å². The zero-order chi connectivity index (χ0) is 16.1. The molecule has 1 heterocycles. The van der Waals surface area contributed by atoms with Crippen LogP contribution in [0.3, 0.4) is 0 Å². The van der Waals surface area contributed by atoms with E-state index in [0.717, 1.165) is 5.56 Å². The predicted molar refractivity (Wildman–Crippen MR) is 82.0 cm³/mol. The van der Waals surface area contributed by atoms with Crippen molar-refractivity contribution in [2.45, 2.75) is 13.0 Å². The standard InChI is InChI=1S/C15H13Cl2NO4/c1-9(11-5-4-10(16)7-12(11)17)18-14(19)8-22-15(20)13-3-2-6-21-13/h2-7,9H,8H2,1H3,(H,18,19)/t9-/m1/s1. The highest BCUT2D eigenvalue weighted by Gasteiger charge is 2.16. The number of halogens is 2. The van der Waals surface area contributed by atoms with Crippen LogP contribution < -0.4 is 5.32 Å². The van der Waals surface area contributed by atoms with Crippen LogP contribution in [0.25, 0.3) is 0 Å². The van der Waals surface area contributed by atoms with Crippen molar-refractivity contribution < 1.29 is 18.7 Å². The summed E-state index contributed by atoms with van der Waals surface area (Å²) < 4.78 is 9.70. The summed E-state index contributed by atoms with van der Waals surface area (Å²) in [5, 5.41) is 3.65. The average molecular weight is 342 g/mol. The van der Waals surface area contributed by atoms with E-state index < -0.39 is 18.5 Å². The van der Waals surface area contributed by atoms with Gasteiger partial charge in [0.25, 0.3) is 5.91 Å². The van der Waals surface area contributed by atoms with Crippen LogP contribution in [-0.2, 0) is 9.53 Å². The highest BCUT2D eigenvalue weighted by Crippen LogP contribution is 2.25. The Hall–Kier alpha value is -1.98. The lowest BCUT2D eigenvalue weighted by Gasteiger charge is -2.15. The van der Waals surface area contributed by atoms with Crippen LogP contribution >= 0.6 is 23.2 Å². The number of hydrogen-bond donors (Lipinski definition) is 1. The first-order chi connectivity index (χ1) is 10.5. The van der Waals surface area contributed by atoms with Gasteiger partial charge in [0.05, 0.1) is 12.3 Å². The van der Waals surface area contributed by atoms with Gasteiger partial charge in [-0.2, -0.15) is 0 Å². The molecule has 0 bridgehead atoms. The molecule has 1 aromatic heterocycles. The lowest BCUT2D eigenvalue weighted by atomic mass is 10.1. The number of esters is 1. The maximum Gasteiger partial charge on any atom is 0.374 e. The van der Waals surface area contributed by atoms with Crippen LogP contribution in [0.5, 0.6) is 0 Å². The molecule has 1 aromatic carbocycles. The summed E-state index contributed by atoms with van der Waals surface area (Å²) in [6.07, 6.45) is 1.35. The third-order valence-corrected chi connectivity index (χ3v) is 3.43. The molecule has 0 spiro atoms. The van der Waals surface area contributed by atoms with E-state index in [2.05, 4.69) is 5.32 Å². The number of benzene rings is 1. The zero-order valence-corrected chi connectivity index (χ0v) is 13.1. The Bertz CT molecular complexity index is 670. The molecule has 0 unspecified atom stereocenters. The summed E-state index contributed by atoms with van der Waals surface area (Å²) in [4.78, 5) is 23.3. The number of hydrogen-bond acceptors (Lipinski definition) is 4. The normalized spacial score (nSPS) is 11.8. The SMILES string of the molecule is C[C@@H](NC(=O)COC(=O)c1ccco1)c1ccc(Cl)cc1Cl. The predicted octanol–water partition coefficient (Wildman–Crippen LogP) is 3.62. The van der Waals surface area contributed by atoms with E-state index in [0.29, 0.717) is 10.0 Å². The summed E-state index contributed by atoms with van der Waals surface area (Å²) in [6, 6.07) is 7.67. The lowest BCUT2D eigenvalue weighted by molar-refractivity contribution is -0.124. The molecular weight excluding hydrogens is 329 g/mol. The summed E-state index contributed by atoms with van der Waals surface area (Å²) in [7, 11) is 0. The van der Waals surface area contributed by atoms with Crippen molar-refractivity contribution >= 4 is 35.1 Å². The van der Waals surface area contributed by atoms with E-state index in [9.17, 15) is 9.59 Å². The molecule has 0 aliphatic heterocycles. The van der Waals surface area contributed by atoms with Gasteiger partial charge in [0.15, 0.2) is 6.61 Å². The molecule has 5 nitrogen and oxygen atoms in total. The number of carbonyl (C=O) groups excluding carboxylic acids is 2. The van der Waals surface area contributed by atoms with E-state index in [1.54, 1.807) is 31.2 Å². The number of carbonyl (C=O) groups is 2. The number of nitrogens with one attached hydrogen (secondary N) is 1. The van der Waals surface area contributed by atoms with Crippen molar-refractivity contribution in [3.63, 3.8) is 0 Å². The second kappa shape index (κ2) is 7.33. The molecule has 22 heavy (non-hydrogen) atoms. The molecular formula is C15H13Cl2NO4. The zero-order valence-electron chi connectivity index (χ0n) is 11.6. The molecule has 0 aliphatic carbocycles. The third kappa shape index (κ3) is 4.26. The van der Waals surface area contributed by atoms with Gasteiger partial charge in [-0.1, -0.05) is 29.3 Å². The fourth-order valence-corrected chi connectivity index (χ4v) is 2.38. The van der Waals surface area contributed by atoms with Gasteiger partial charge in [-0.15, -0.1) is 0 Å². The lowest BCUT2D eigenvalue weighted by Crippen LogP contribution is -2.31. The topological polar surface area (TPSA) is 68.5 Å². The maximum absolute atomic E-state index is 11.8. The molecule has 0 saturated heterocycles. The van der Waals surface area contributed by atoms with Crippen LogP contribution in [0.4, 0.5) is 0 Å². The minimum atomic E-state index is -0.697. The smallest absolute Gasteiger partial charge is 0.374 e. The largest absolute Gasteiger partial charge is 0.457 e. The van der Waals surface area contributed by atoms with Crippen molar-refractivity contribution in [3.8, 4) is 0 Å². The Kier molecular flexibility index (Phi) is 5.46. The molecule has 0 fully saturated rings. The van der Waals surface area contributed by atoms with E-state index >= 15 is 0 Å². The van der Waals surface area contributed by atoms with Crippen molar-refractivity contribution in [1.82, 2.24) is 5.32 Å². The number of ether oxygens (including phenoxy) is 1. The molecule has 1 amide bonds. The number of amides is 1. The minimum absolute atomic E-state index is 0.0431. The van der Waals surface area contributed by atoms with Gasteiger partial charge in [-0.05, 0) is 36.8 Å². The number of rotatable bonds is 5. The van der Waals surface area contributed by atoms with Crippen LogP contribution in [0.15, 0.2) is 41.0 Å². The van der Waals surface area contributed by atoms with Crippen molar-refractivity contribution in [1.29, 1.82) is 0 Å². The Morgan fingerprint density at radius 2 is 2.09 bits per heavy atom. The molecule has 2 rings (SSSR count). The van der Waals surface area contributed by atoms with Gasteiger partial charge in [0, 0.05) is 10.0 Å². The Labute approximate surface area is 137 Å². The summed E-state index contributed by atoms with van der Waals surface area (Å²) in [5.41, 5.74) is 0.719. The van der Waals surface area contributed by atoms with E-state index in [-0.39, 0.29) is 11.8 Å². The van der Waals surface area contributed by atoms with Gasteiger partial charge in [0.2, 0.25) is 5.76 Å². The van der Waals surface area contributed by atoms with E-state index in [1.807, 2.05) is 0 Å². The monoisotopic (exact) mass is 341 g/mol. The molecule has 0 radical (unpaired) electrons. The molecule has 7 heteroatoms. The molecule has 1 atom stereocenters. The second-order valence-corrected chi connectivity index (χ2v) is 5.35. The molecule has 0 aliphatic rings. The molecule has 1 N–H and O–H groups in total. The van der Waals surface area contributed by atoms with E-state index in [1.165, 1.54) is 12.3 Å². The Morgan fingerprint density at radius 3 is 2.73 bits per heavy atom. The van der Waals surface area contributed by atoms with Crippen molar-refractivity contribution in [2.24, 2.45) is 0 Å². The van der Waals surface area contributed by atoms with E-state index in [4.69, 9.17) is 32.4 Å². The number of furan rings is 1. The third-order valence-electron chi connectivity index (χ3n) is 2.86. The van der Waals surface area contributed by atoms with Crippen molar-refractivity contribution in [2.75, 3.05) is 6.61 Å². The molecule has 116 valence electrons. The van der Waals surface area contributed by atoms with Gasteiger partial charge in [-0.25, -0.2) is 4.79 Å². The molecule has 2 aromatic rings. The van der Waals surface area contributed by atoms with Crippen molar-refractivity contribution in [3.05, 3.63) is 58.0 Å². The van der Waals surface area contributed by atoms with Gasteiger partial charge < -0.3 is 14.5 Å². The molecule has 0 saturated carbocycles. The van der Waals surface area contributed by atoms with Crippen LogP contribution in [-0.4, -0.2) is 18.5 Å². The second-order valence-electron chi connectivity index (χ2n) is 4.51. The van der Waals surface area contributed by atoms with Crippen LogP contribution in [0, 0.1) is 0 Å². The Morgan fingerprint density at radius 1 is 1.32 bits per heavy atom. The first-order valence-electron chi connectivity index (χ1n) is 6.42. The maximum atomic E-state index is 11.8. The fraction of sp³-hybridized carbons (Fsp3) is 0.200. The van der Waals surface area contributed by atoms with Crippen LogP contribution in [0.1, 0.15) is 29.1 Å². The highest BCUT2D eigenvalue weighted by atomic mass is 35.5. The fourth-order valence-electron chi connectivity index (χ4n) is 1.81. The minimum Gasteiger partial charge on any atom is -0.457 e. The first-order valence-corrected chi connectivity index (χ1v) is 7.18. The summed E-state index contributed by atoms with van der Waals surface area (Å²) in [6.45, 7) is 1.36. The van der Waals surface area contributed by atoms with Crippen LogP contribution in [0.2, 0.25) is 10.0 Å². The summed E-state index contributed by atoms with van der Waals surface area (Å²) in [5.74, 6) is -1.10. The van der Waals surface area contributed by atoms with Gasteiger partial charge >= 0.3 is 5.97 Å². The average Bonchev–Trinajstić information content (AvgIpc) is 2.98. The first kappa shape index (κ1) is 16.4. The quantitative estimate of drug-likeness (QED) is 0.843. The Balaban J connectivity index is 1.87. The van der Waals surface area contributed by atoms with Gasteiger partial charge in [-0.3, -0.25) is 4.79 Å².